The average molecular weight is 330 g/mol. The molecule has 126 valence electrons. The minimum absolute atomic E-state index is 0.340. The number of benzene rings is 1. The number of ketones is 1. The molecule has 24 heavy (non-hydrogen) atoms. The van der Waals surface area contributed by atoms with Crippen molar-refractivity contribution in [3.63, 3.8) is 0 Å². The summed E-state index contributed by atoms with van der Waals surface area (Å²) in [5.74, 6) is -4.09. The number of nitrogens with zero attached hydrogens (tertiary/aromatic N) is 3. The topological polar surface area (TPSA) is 131 Å². The first kappa shape index (κ1) is 19.0. The van der Waals surface area contributed by atoms with E-state index < -0.39 is 35.5 Å². The molecule has 2 N–H and O–H groups in total. The third-order valence-electron chi connectivity index (χ3n) is 3.48. The van der Waals surface area contributed by atoms with Crippen LogP contribution in [0, 0.1) is 11.8 Å². The summed E-state index contributed by atoms with van der Waals surface area (Å²) in [5.41, 5.74) is 5.97. The summed E-state index contributed by atoms with van der Waals surface area (Å²) in [6, 6.07) is 5.05. The smallest absolute Gasteiger partial charge is 0.272 e. The lowest BCUT2D eigenvalue weighted by molar-refractivity contribution is -0.134. The van der Waals surface area contributed by atoms with Gasteiger partial charge in [-0.15, -0.1) is 0 Å². The Bertz CT molecular complexity index is 685. The van der Waals surface area contributed by atoms with E-state index in [0.717, 1.165) is 0 Å². The summed E-state index contributed by atoms with van der Waals surface area (Å²) < 4.78 is 0. The fourth-order valence-corrected chi connectivity index (χ4v) is 2.27. The maximum absolute atomic E-state index is 11.9. The van der Waals surface area contributed by atoms with E-state index in [1.165, 1.54) is 19.9 Å². The van der Waals surface area contributed by atoms with Crippen LogP contribution in [0.25, 0.3) is 0 Å². The molecule has 1 aromatic carbocycles. The molecule has 0 bridgehead atoms. The zero-order chi connectivity index (χ0) is 18.3. The lowest BCUT2D eigenvalue weighted by Crippen LogP contribution is -2.41. The molecular formula is C16H18N4O4. The molecule has 0 saturated carbocycles. The number of aldehydes is 1. The van der Waals surface area contributed by atoms with Crippen LogP contribution in [0.5, 0.6) is 0 Å². The molecule has 0 spiro atoms. The number of Topliss-reactive ketones (excluding diaryl/α,β-unsaturated/α-hetero) is 1. The van der Waals surface area contributed by atoms with Gasteiger partial charge in [0.25, 0.3) is 5.91 Å². The van der Waals surface area contributed by atoms with Gasteiger partial charge in [0, 0.05) is 11.5 Å². The molecule has 0 saturated heterocycles. The third kappa shape index (κ3) is 4.73. The number of carbonyl (C=O) groups excluding carboxylic acids is 4. The van der Waals surface area contributed by atoms with Crippen molar-refractivity contribution in [2.24, 2.45) is 32.8 Å². The molecule has 0 aliphatic rings. The molecule has 3 atom stereocenters. The molecule has 3 unspecified atom stereocenters. The summed E-state index contributed by atoms with van der Waals surface area (Å²) in [5, 5.41) is 7.79. The number of aliphatic imine (C=N–C) groups is 1. The highest BCUT2D eigenvalue weighted by Crippen LogP contribution is 2.23. The second-order valence-electron chi connectivity index (χ2n) is 5.22. The number of hydrogen-bond donors (Lipinski definition) is 1. The molecule has 8 nitrogen and oxygen atoms in total. The van der Waals surface area contributed by atoms with Gasteiger partial charge in [-0.1, -0.05) is 19.1 Å². The van der Waals surface area contributed by atoms with Crippen LogP contribution >= 0.6 is 0 Å². The number of nitrogens with two attached hydrogens (primary N) is 1. The summed E-state index contributed by atoms with van der Waals surface area (Å²) in [6.45, 7) is 5.85. The Morgan fingerprint density at radius 2 is 1.96 bits per heavy atom. The van der Waals surface area contributed by atoms with Crippen molar-refractivity contribution in [1.29, 1.82) is 0 Å². The van der Waals surface area contributed by atoms with Gasteiger partial charge in [-0.05, 0) is 25.8 Å². The Labute approximate surface area is 138 Å². The molecule has 0 aliphatic carbocycles. The van der Waals surface area contributed by atoms with Gasteiger partial charge in [0.05, 0.1) is 5.69 Å². The fourth-order valence-electron chi connectivity index (χ4n) is 2.27. The molecule has 1 aromatic rings. The van der Waals surface area contributed by atoms with Crippen LogP contribution in [-0.2, 0) is 14.4 Å². The Hall–Kier alpha value is -3.03. The van der Waals surface area contributed by atoms with E-state index in [1.54, 1.807) is 18.2 Å². The minimum Gasteiger partial charge on any atom is -0.369 e. The highest BCUT2D eigenvalue weighted by Gasteiger charge is 2.36. The van der Waals surface area contributed by atoms with E-state index >= 15 is 0 Å². The third-order valence-corrected chi connectivity index (χ3v) is 3.48. The molecule has 0 fully saturated rings. The van der Waals surface area contributed by atoms with E-state index in [1.807, 2.05) is 0 Å². The quantitative estimate of drug-likeness (QED) is 0.335. The number of amides is 2. The number of azo groups is 1. The standard InChI is InChI=1S/C16H18N4O4/c1-9(13(10(2)22)15(17)23)14(16(24)18-3)20-19-12-6-4-5-11(7-12)8-21/h4-9,13-14H,3H2,1-2H3,(H2,17,23). The van der Waals surface area contributed by atoms with Gasteiger partial charge in [-0.25, -0.2) is 4.99 Å². The largest absolute Gasteiger partial charge is 0.369 e. The summed E-state index contributed by atoms with van der Waals surface area (Å²) in [6.07, 6.45) is 0.647. The summed E-state index contributed by atoms with van der Waals surface area (Å²) in [4.78, 5) is 49.1. The molecule has 0 aliphatic heterocycles. The zero-order valence-electron chi connectivity index (χ0n) is 13.4. The van der Waals surface area contributed by atoms with Crippen molar-refractivity contribution >= 4 is 36.3 Å². The van der Waals surface area contributed by atoms with Crippen molar-refractivity contribution in [1.82, 2.24) is 0 Å². The Kier molecular flexibility index (Phi) is 6.79. The van der Waals surface area contributed by atoms with Crippen LogP contribution in [0.2, 0.25) is 0 Å². The first-order valence-corrected chi connectivity index (χ1v) is 7.08. The highest BCUT2D eigenvalue weighted by molar-refractivity contribution is 6.00. The SMILES string of the molecule is C=NC(=O)C(N=Nc1cccc(C=O)c1)C(C)C(C(C)=O)C(N)=O. The van der Waals surface area contributed by atoms with Crippen molar-refractivity contribution in [3.8, 4) is 0 Å². The monoisotopic (exact) mass is 330 g/mol. The van der Waals surface area contributed by atoms with Crippen LogP contribution in [0.15, 0.2) is 39.5 Å². The molecular weight excluding hydrogens is 312 g/mol. The zero-order valence-corrected chi connectivity index (χ0v) is 13.4. The molecule has 8 heteroatoms. The van der Waals surface area contributed by atoms with Gasteiger partial charge in [-0.3, -0.25) is 19.2 Å². The van der Waals surface area contributed by atoms with Gasteiger partial charge in [0.2, 0.25) is 5.91 Å². The maximum atomic E-state index is 11.9. The normalized spacial score (nSPS) is 14.6. The highest BCUT2D eigenvalue weighted by atomic mass is 16.2. The second kappa shape index (κ2) is 8.56. The van der Waals surface area contributed by atoms with Crippen LogP contribution in [0.3, 0.4) is 0 Å². The fraction of sp³-hybridized carbons (Fsp3) is 0.312. The number of primary amides is 1. The Morgan fingerprint density at radius 3 is 2.46 bits per heavy atom. The first-order chi connectivity index (χ1) is 11.3. The average Bonchev–Trinajstić information content (AvgIpc) is 2.54. The second-order valence-corrected chi connectivity index (χ2v) is 5.22. The van der Waals surface area contributed by atoms with Crippen molar-refractivity contribution in [3.05, 3.63) is 29.8 Å². The molecule has 0 heterocycles. The van der Waals surface area contributed by atoms with E-state index in [0.29, 0.717) is 17.5 Å². The van der Waals surface area contributed by atoms with Crippen molar-refractivity contribution in [2.75, 3.05) is 0 Å². The van der Waals surface area contributed by atoms with Crippen LogP contribution in [0.1, 0.15) is 24.2 Å². The maximum Gasteiger partial charge on any atom is 0.272 e. The van der Waals surface area contributed by atoms with Crippen molar-refractivity contribution < 1.29 is 19.2 Å². The van der Waals surface area contributed by atoms with Gasteiger partial charge in [0.15, 0.2) is 6.04 Å². The van der Waals surface area contributed by atoms with E-state index in [4.69, 9.17) is 5.73 Å². The van der Waals surface area contributed by atoms with Gasteiger partial charge in [-0.2, -0.15) is 10.2 Å². The Morgan fingerprint density at radius 1 is 1.29 bits per heavy atom. The lowest BCUT2D eigenvalue weighted by atomic mass is 9.84. The van der Waals surface area contributed by atoms with E-state index in [-0.39, 0.29) is 0 Å². The van der Waals surface area contributed by atoms with Crippen LogP contribution < -0.4 is 5.73 Å². The molecule has 2 amide bonds. The summed E-state index contributed by atoms with van der Waals surface area (Å²) in [7, 11) is 0. The predicted octanol–water partition coefficient (Wildman–Crippen LogP) is 1.51. The predicted molar refractivity (Wildman–Crippen MR) is 87.2 cm³/mol. The molecule has 1 rings (SSSR count). The Balaban J connectivity index is 3.17. The van der Waals surface area contributed by atoms with Crippen LogP contribution in [-0.4, -0.2) is 36.6 Å². The van der Waals surface area contributed by atoms with Crippen LogP contribution in [0.4, 0.5) is 5.69 Å². The van der Waals surface area contributed by atoms with Gasteiger partial charge < -0.3 is 5.73 Å². The van der Waals surface area contributed by atoms with Gasteiger partial charge in [0.1, 0.15) is 18.0 Å². The lowest BCUT2D eigenvalue weighted by Gasteiger charge is -2.21. The number of rotatable bonds is 8. The first-order valence-electron chi connectivity index (χ1n) is 7.08. The van der Waals surface area contributed by atoms with E-state index in [9.17, 15) is 19.2 Å². The molecule has 0 radical (unpaired) electrons. The van der Waals surface area contributed by atoms with E-state index in [2.05, 4.69) is 21.9 Å². The summed E-state index contributed by atoms with van der Waals surface area (Å²) >= 11 is 0. The number of carbonyl (C=O) groups is 4. The van der Waals surface area contributed by atoms with Crippen molar-refractivity contribution in [2.45, 2.75) is 19.9 Å². The molecule has 0 aromatic heterocycles. The number of hydrogen-bond acceptors (Lipinski definition) is 6. The minimum atomic E-state index is -1.19. The van der Waals surface area contributed by atoms with Gasteiger partial charge >= 0.3 is 0 Å².